The lowest BCUT2D eigenvalue weighted by molar-refractivity contribution is 0.636. The van der Waals surface area contributed by atoms with Gasteiger partial charge in [-0.25, -0.2) is 0 Å². The maximum Gasteiger partial charge on any atom is 0.159 e. The SMILES string of the molecule is Cc1cc(N)c(-n2nnnc2C2CCCC2)cc1C. The maximum absolute atomic E-state index is 6.13. The van der Waals surface area contributed by atoms with E-state index in [1.165, 1.54) is 36.8 Å². The molecule has 0 saturated heterocycles. The Kier molecular flexibility index (Phi) is 2.97. The van der Waals surface area contributed by atoms with Crippen LogP contribution in [-0.4, -0.2) is 20.2 Å². The maximum atomic E-state index is 6.13. The fraction of sp³-hybridized carbons (Fsp3) is 0.500. The highest BCUT2D eigenvalue weighted by Gasteiger charge is 2.24. The molecule has 0 unspecified atom stereocenters. The minimum Gasteiger partial charge on any atom is -0.397 e. The van der Waals surface area contributed by atoms with Gasteiger partial charge in [0.2, 0.25) is 0 Å². The first-order valence-corrected chi connectivity index (χ1v) is 6.82. The van der Waals surface area contributed by atoms with E-state index < -0.39 is 0 Å². The molecule has 0 atom stereocenters. The topological polar surface area (TPSA) is 69.6 Å². The third-order valence-electron chi connectivity index (χ3n) is 4.09. The Morgan fingerprint density at radius 3 is 2.58 bits per heavy atom. The van der Waals surface area contributed by atoms with E-state index in [1.54, 1.807) is 0 Å². The Bertz CT molecular complexity index is 596. The monoisotopic (exact) mass is 257 g/mol. The van der Waals surface area contributed by atoms with Crippen LogP contribution in [-0.2, 0) is 0 Å². The summed E-state index contributed by atoms with van der Waals surface area (Å²) in [5.41, 5.74) is 10.2. The van der Waals surface area contributed by atoms with Crippen LogP contribution >= 0.6 is 0 Å². The van der Waals surface area contributed by atoms with Crippen LogP contribution in [0.2, 0.25) is 0 Å². The van der Waals surface area contributed by atoms with Crippen molar-refractivity contribution in [3.8, 4) is 5.69 Å². The number of benzene rings is 1. The summed E-state index contributed by atoms with van der Waals surface area (Å²) in [6.45, 7) is 4.14. The van der Waals surface area contributed by atoms with Crippen LogP contribution in [0, 0.1) is 13.8 Å². The fourth-order valence-corrected chi connectivity index (χ4v) is 2.81. The Morgan fingerprint density at radius 1 is 1.16 bits per heavy atom. The normalized spacial score (nSPS) is 16.1. The number of aromatic nitrogens is 4. The molecule has 1 heterocycles. The molecule has 1 saturated carbocycles. The molecule has 1 aromatic heterocycles. The van der Waals surface area contributed by atoms with Gasteiger partial charge in [0, 0.05) is 5.92 Å². The molecule has 0 spiro atoms. The molecule has 5 nitrogen and oxygen atoms in total. The van der Waals surface area contributed by atoms with Crippen LogP contribution in [0.3, 0.4) is 0 Å². The van der Waals surface area contributed by atoms with Gasteiger partial charge in [-0.15, -0.1) is 5.10 Å². The minimum atomic E-state index is 0.469. The molecular weight excluding hydrogens is 238 g/mol. The van der Waals surface area contributed by atoms with Gasteiger partial charge in [-0.05, 0) is 60.4 Å². The molecule has 2 aromatic rings. The van der Waals surface area contributed by atoms with Gasteiger partial charge >= 0.3 is 0 Å². The molecule has 19 heavy (non-hydrogen) atoms. The Balaban J connectivity index is 2.07. The molecule has 1 fully saturated rings. The van der Waals surface area contributed by atoms with Crippen molar-refractivity contribution in [1.29, 1.82) is 0 Å². The molecule has 0 bridgehead atoms. The average Bonchev–Trinajstić information content (AvgIpc) is 3.03. The summed E-state index contributed by atoms with van der Waals surface area (Å²) in [4.78, 5) is 0. The summed E-state index contributed by atoms with van der Waals surface area (Å²) < 4.78 is 1.82. The highest BCUT2D eigenvalue weighted by atomic mass is 15.5. The Hall–Kier alpha value is -1.91. The quantitative estimate of drug-likeness (QED) is 0.839. The molecule has 0 radical (unpaired) electrons. The average molecular weight is 257 g/mol. The van der Waals surface area contributed by atoms with Crippen molar-refractivity contribution in [2.45, 2.75) is 45.4 Å². The predicted molar refractivity (Wildman–Crippen MR) is 74.2 cm³/mol. The Labute approximate surface area is 112 Å². The lowest BCUT2D eigenvalue weighted by Crippen LogP contribution is -2.09. The highest BCUT2D eigenvalue weighted by Crippen LogP contribution is 2.34. The van der Waals surface area contributed by atoms with E-state index in [9.17, 15) is 0 Å². The van der Waals surface area contributed by atoms with Crippen LogP contribution in [0.25, 0.3) is 5.69 Å². The minimum absolute atomic E-state index is 0.469. The van der Waals surface area contributed by atoms with Gasteiger partial charge in [-0.1, -0.05) is 12.8 Å². The first-order valence-electron chi connectivity index (χ1n) is 6.82. The van der Waals surface area contributed by atoms with Gasteiger partial charge in [0.1, 0.15) is 0 Å². The van der Waals surface area contributed by atoms with Gasteiger partial charge in [-0.3, -0.25) is 0 Å². The van der Waals surface area contributed by atoms with E-state index in [0.29, 0.717) is 5.92 Å². The molecule has 1 aliphatic rings. The third kappa shape index (κ3) is 2.09. The zero-order valence-electron chi connectivity index (χ0n) is 11.4. The standard InChI is InChI=1S/C14H19N5/c1-9-7-12(15)13(8-10(9)2)19-14(16-17-18-19)11-5-3-4-6-11/h7-8,11H,3-6,15H2,1-2H3. The van der Waals surface area contributed by atoms with E-state index in [1.807, 2.05) is 10.7 Å². The molecule has 5 heteroatoms. The summed E-state index contributed by atoms with van der Waals surface area (Å²) in [6.07, 6.45) is 4.87. The van der Waals surface area contributed by atoms with Gasteiger partial charge in [0.15, 0.2) is 5.82 Å². The van der Waals surface area contributed by atoms with Gasteiger partial charge in [-0.2, -0.15) is 4.68 Å². The third-order valence-corrected chi connectivity index (χ3v) is 4.09. The van der Waals surface area contributed by atoms with Crippen molar-refractivity contribution in [2.24, 2.45) is 0 Å². The van der Waals surface area contributed by atoms with E-state index in [0.717, 1.165) is 17.2 Å². The van der Waals surface area contributed by atoms with E-state index in [-0.39, 0.29) is 0 Å². The predicted octanol–water partition coefficient (Wildman–Crippen LogP) is 2.52. The van der Waals surface area contributed by atoms with Crippen molar-refractivity contribution in [2.75, 3.05) is 5.73 Å². The second kappa shape index (κ2) is 4.64. The highest BCUT2D eigenvalue weighted by molar-refractivity contribution is 5.61. The molecule has 0 amide bonds. The lowest BCUT2D eigenvalue weighted by Gasteiger charge is -2.13. The number of rotatable bonds is 2. The second-order valence-corrected chi connectivity index (χ2v) is 5.43. The lowest BCUT2D eigenvalue weighted by atomic mass is 10.1. The molecule has 2 N–H and O–H groups in total. The zero-order chi connectivity index (χ0) is 13.4. The number of anilines is 1. The van der Waals surface area contributed by atoms with Crippen LogP contribution in [0.5, 0.6) is 0 Å². The number of nitrogens with zero attached hydrogens (tertiary/aromatic N) is 4. The number of nitrogen functional groups attached to an aromatic ring is 1. The van der Waals surface area contributed by atoms with Crippen molar-refractivity contribution >= 4 is 5.69 Å². The summed E-state index contributed by atoms with van der Waals surface area (Å²) >= 11 is 0. The first kappa shape index (κ1) is 12.1. The number of aryl methyl sites for hydroxylation is 2. The zero-order valence-corrected chi connectivity index (χ0v) is 11.4. The smallest absolute Gasteiger partial charge is 0.159 e. The molecule has 1 aliphatic carbocycles. The van der Waals surface area contributed by atoms with Crippen LogP contribution < -0.4 is 5.73 Å². The van der Waals surface area contributed by atoms with Crippen molar-refractivity contribution in [1.82, 2.24) is 20.2 Å². The van der Waals surface area contributed by atoms with Crippen molar-refractivity contribution in [3.05, 3.63) is 29.1 Å². The van der Waals surface area contributed by atoms with E-state index in [2.05, 4.69) is 35.4 Å². The Morgan fingerprint density at radius 2 is 1.84 bits per heavy atom. The fourth-order valence-electron chi connectivity index (χ4n) is 2.81. The largest absolute Gasteiger partial charge is 0.397 e. The van der Waals surface area contributed by atoms with Crippen LogP contribution in [0.15, 0.2) is 12.1 Å². The summed E-state index contributed by atoms with van der Waals surface area (Å²) in [5, 5.41) is 12.2. The van der Waals surface area contributed by atoms with Crippen LogP contribution in [0.4, 0.5) is 5.69 Å². The molecule has 3 rings (SSSR count). The molecular formula is C14H19N5. The van der Waals surface area contributed by atoms with E-state index in [4.69, 9.17) is 5.73 Å². The molecule has 1 aromatic carbocycles. The summed E-state index contributed by atoms with van der Waals surface area (Å²) in [7, 11) is 0. The molecule has 100 valence electrons. The van der Waals surface area contributed by atoms with Crippen molar-refractivity contribution < 1.29 is 0 Å². The van der Waals surface area contributed by atoms with Gasteiger partial charge in [0.25, 0.3) is 0 Å². The number of tetrazole rings is 1. The van der Waals surface area contributed by atoms with Crippen molar-refractivity contribution in [3.63, 3.8) is 0 Å². The van der Waals surface area contributed by atoms with E-state index >= 15 is 0 Å². The summed E-state index contributed by atoms with van der Waals surface area (Å²) in [6, 6.07) is 4.06. The van der Waals surface area contributed by atoms with Gasteiger partial charge in [0.05, 0.1) is 11.4 Å². The van der Waals surface area contributed by atoms with Gasteiger partial charge < -0.3 is 5.73 Å². The number of nitrogens with two attached hydrogens (primary N) is 1. The summed E-state index contributed by atoms with van der Waals surface area (Å²) in [5.74, 6) is 1.42. The first-order chi connectivity index (χ1) is 9.16. The number of hydrogen-bond donors (Lipinski definition) is 1. The number of hydrogen-bond acceptors (Lipinski definition) is 4. The van der Waals surface area contributed by atoms with Crippen LogP contribution in [0.1, 0.15) is 48.6 Å². The molecule has 0 aliphatic heterocycles. The second-order valence-electron chi connectivity index (χ2n) is 5.43.